The van der Waals surface area contributed by atoms with Gasteiger partial charge in [-0.25, -0.2) is 9.97 Å². The molecule has 2 aliphatic heterocycles. The Bertz CT molecular complexity index is 1220. The maximum atomic E-state index is 12.2. The van der Waals surface area contributed by atoms with Crippen LogP contribution in [-0.4, -0.2) is 76.9 Å². The van der Waals surface area contributed by atoms with Gasteiger partial charge in [0.15, 0.2) is 11.5 Å². The van der Waals surface area contributed by atoms with Gasteiger partial charge >= 0.3 is 0 Å². The molecule has 2 saturated heterocycles. The summed E-state index contributed by atoms with van der Waals surface area (Å²) in [5, 5.41) is 3.29. The number of anilines is 3. The Morgan fingerprint density at radius 3 is 2.45 bits per heavy atom. The predicted molar refractivity (Wildman–Crippen MR) is 159 cm³/mol. The molecule has 9 heteroatoms. The zero-order valence-electron chi connectivity index (χ0n) is 23.9. The molecule has 5 rings (SSSR count). The van der Waals surface area contributed by atoms with Crippen LogP contribution in [0.2, 0.25) is 0 Å². The van der Waals surface area contributed by atoms with Gasteiger partial charge in [-0.3, -0.25) is 9.59 Å². The first kappa shape index (κ1) is 28.1. The fourth-order valence-corrected chi connectivity index (χ4v) is 6.64. The number of hydrogen-bond acceptors (Lipinski definition) is 7. The highest BCUT2D eigenvalue weighted by atomic mass is 16.2. The van der Waals surface area contributed by atoms with Gasteiger partial charge in [-0.05, 0) is 80.8 Å². The van der Waals surface area contributed by atoms with Crippen molar-refractivity contribution in [2.45, 2.75) is 75.8 Å². The number of piperidine rings is 2. The average molecular weight is 546 g/mol. The van der Waals surface area contributed by atoms with Gasteiger partial charge < -0.3 is 25.8 Å². The topological polar surface area (TPSA) is 108 Å². The number of nitrogens with one attached hydrogen (secondary N) is 1. The van der Waals surface area contributed by atoms with E-state index in [1.165, 1.54) is 63.3 Å². The first-order valence-corrected chi connectivity index (χ1v) is 14.7. The van der Waals surface area contributed by atoms with Crippen LogP contribution in [-0.2, 0) is 10.2 Å². The minimum atomic E-state index is -0.636. The van der Waals surface area contributed by atoms with E-state index in [0.29, 0.717) is 18.2 Å². The Kier molecular flexibility index (Phi) is 8.40. The molecule has 3 N–H and O–H groups in total. The fourth-order valence-electron chi connectivity index (χ4n) is 6.64. The average Bonchev–Trinajstić information content (AvgIpc) is 3.52. The Hall–Kier alpha value is -3.46. The second kappa shape index (κ2) is 12.0. The van der Waals surface area contributed by atoms with Crippen molar-refractivity contribution >= 4 is 29.1 Å². The standard InChI is InChI=1S/C31H43N7O2/c1-4-27(39)38-17-7-10-25(21-38)36(3)26-20-33-28(29(32)40)30(35-26)34-23-13-11-22(12-14-23)31(2)15-18-37(19-16-31)24-8-5-6-9-24/h4,11-14,20,24-25H,1,5-10,15-19,21H2,2-3H3,(H2,32,40)(H,34,35). The third-order valence-corrected chi connectivity index (χ3v) is 9.37. The van der Waals surface area contributed by atoms with Gasteiger partial charge in [-0.2, -0.15) is 0 Å². The highest BCUT2D eigenvalue weighted by molar-refractivity contribution is 5.96. The molecule has 1 aromatic carbocycles. The summed E-state index contributed by atoms with van der Waals surface area (Å²) < 4.78 is 0. The number of nitrogens with zero attached hydrogens (tertiary/aromatic N) is 5. The van der Waals surface area contributed by atoms with Crippen molar-refractivity contribution in [3.05, 3.63) is 54.4 Å². The summed E-state index contributed by atoms with van der Waals surface area (Å²) >= 11 is 0. The predicted octanol–water partition coefficient (Wildman–Crippen LogP) is 4.23. The number of benzene rings is 1. The molecule has 40 heavy (non-hydrogen) atoms. The Morgan fingerprint density at radius 2 is 1.80 bits per heavy atom. The van der Waals surface area contributed by atoms with E-state index in [0.717, 1.165) is 31.1 Å². The molecule has 0 bridgehead atoms. The second-order valence-corrected chi connectivity index (χ2v) is 11.9. The van der Waals surface area contributed by atoms with Crippen molar-refractivity contribution in [1.82, 2.24) is 19.8 Å². The largest absolute Gasteiger partial charge is 0.364 e. The summed E-state index contributed by atoms with van der Waals surface area (Å²) in [4.78, 5) is 40.0. The molecule has 214 valence electrons. The van der Waals surface area contributed by atoms with Crippen LogP contribution < -0.4 is 16.0 Å². The first-order valence-electron chi connectivity index (χ1n) is 14.7. The van der Waals surface area contributed by atoms with E-state index in [4.69, 9.17) is 10.7 Å². The zero-order valence-corrected chi connectivity index (χ0v) is 23.9. The zero-order chi connectivity index (χ0) is 28.3. The quantitative estimate of drug-likeness (QED) is 0.478. The van der Waals surface area contributed by atoms with Crippen molar-refractivity contribution in [3.63, 3.8) is 0 Å². The summed E-state index contributed by atoms with van der Waals surface area (Å²) in [5.41, 5.74) is 8.07. The molecule has 1 aromatic heterocycles. The molecular formula is C31H43N7O2. The molecule has 2 aromatic rings. The SMILES string of the molecule is C=CC(=O)N1CCCC(N(C)c2cnc(C(N)=O)c(Nc3ccc(C4(C)CCN(C5CCCC5)CC4)cc3)n2)C1. The van der Waals surface area contributed by atoms with Gasteiger partial charge in [0.05, 0.1) is 6.20 Å². The lowest BCUT2D eigenvalue weighted by molar-refractivity contribution is -0.127. The van der Waals surface area contributed by atoms with Crippen LogP contribution in [0, 0.1) is 0 Å². The van der Waals surface area contributed by atoms with Gasteiger partial charge in [0, 0.05) is 37.9 Å². The number of carbonyl (C=O) groups is 2. The second-order valence-electron chi connectivity index (χ2n) is 11.9. The molecule has 1 saturated carbocycles. The van der Waals surface area contributed by atoms with Gasteiger partial charge in [-0.15, -0.1) is 0 Å². The monoisotopic (exact) mass is 545 g/mol. The van der Waals surface area contributed by atoms with Crippen LogP contribution in [0.15, 0.2) is 43.1 Å². The third kappa shape index (κ3) is 5.99. The number of likely N-dealkylation sites (N-methyl/N-ethyl adjacent to an activating group) is 1. The van der Waals surface area contributed by atoms with Gasteiger partial charge in [0.25, 0.3) is 5.91 Å². The summed E-state index contributed by atoms with van der Waals surface area (Å²) in [5.74, 6) is 0.245. The van der Waals surface area contributed by atoms with Crippen LogP contribution in [0.1, 0.15) is 74.3 Å². The molecule has 1 atom stereocenters. The van der Waals surface area contributed by atoms with E-state index in [1.807, 2.05) is 29.0 Å². The lowest BCUT2D eigenvalue weighted by Crippen LogP contribution is -2.48. The summed E-state index contributed by atoms with van der Waals surface area (Å²) in [6.07, 6.45) is 12.6. The van der Waals surface area contributed by atoms with Gasteiger partial charge in [0.1, 0.15) is 5.82 Å². The highest BCUT2D eigenvalue weighted by Crippen LogP contribution is 2.38. The number of rotatable bonds is 8. The summed E-state index contributed by atoms with van der Waals surface area (Å²) in [6.45, 7) is 9.64. The van der Waals surface area contributed by atoms with Gasteiger partial charge in [-0.1, -0.05) is 38.5 Å². The van der Waals surface area contributed by atoms with Crippen molar-refractivity contribution in [3.8, 4) is 0 Å². The minimum absolute atomic E-state index is 0.0627. The number of carbonyl (C=O) groups excluding carboxylic acids is 2. The van der Waals surface area contributed by atoms with E-state index in [1.54, 1.807) is 6.20 Å². The van der Waals surface area contributed by atoms with Crippen LogP contribution >= 0.6 is 0 Å². The molecule has 0 spiro atoms. The summed E-state index contributed by atoms with van der Waals surface area (Å²) in [7, 11) is 1.94. The first-order chi connectivity index (χ1) is 19.3. The van der Waals surface area contributed by atoms with Crippen molar-refractivity contribution in [1.29, 1.82) is 0 Å². The summed E-state index contributed by atoms with van der Waals surface area (Å²) in [6, 6.07) is 9.35. The van der Waals surface area contributed by atoms with Crippen molar-refractivity contribution < 1.29 is 9.59 Å². The molecular weight excluding hydrogens is 502 g/mol. The van der Waals surface area contributed by atoms with Crippen LogP contribution in [0.3, 0.4) is 0 Å². The maximum absolute atomic E-state index is 12.2. The van der Waals surface area contributed by atoms with E-state index >= 15 is 0 Å². The van der Waals surface area contributed by atoms with E-state index < -0.39 is 5.91 Å². The molecule has 3 aliphatic rings. The number of primary amides is 1. The Morgan fingerprint density at radius 1 is 1.10 bits per heavy atom. The smallest absolute Gasteiger partial charge is 0.271 e. The van der Waals surface area contributed by atoms with Gasteiger partial charge in [0.2, 0.25) is 5.91 Å². The van der Waals surface area contributed by atoms with E-state index in [9.17, 15) is 9.59 Å². The fraction of sp³-hybridized carbons (Fsp3) is 0.548. The normalized spacial score (nSPS) is 21.6. The lowest BCUT2D eigenvalue weighted by Gasteiger charge is -2.42. The van der Waals surface area contributed by atoms with Crippen molar-refractivity contribution in [2.75, 3.05) is 43.4 Å². The molecule has 1 unspecified atom stereocenters. The molecule has 3 fully saturated rings. The van der Waals surface area contributed by atoms with E-state index in [-0.39, 0.29) is 23.1 Å². The highest BCUT2D eigenvalue weighted by Gasteiger charge is 2.35. The number of aromatic nitrogens is 2. The van der Waals surface area contributed by atoms with Crippen LogP contribution in [0.4, 0.5) is 17.3 Å². The Balaban J connectivity index is 1.28. The van der Waals surface area contributed by atoms with Crippen molar-refractivity contribution in [2.24, 2.45) is 5.73 Å². The number of likely N-dealkylation sites (tertiary alicyclic amines) is 2. The van der Waals surface area contributed by atoms with Crippen LogP contribution in [0.25, 0.3) is 0 Å². The number of amides is 2. The molecule has 1 aliphatic carbocycles. The molecule has 0 radical (unpaired) electrons. The molecule has 3 heterocycles. The lowest BCUT2D eigenvalue weighted by atomic mass is 9.74. The van der Waals surface area contributed by atoms with E-state index in [2.05, 4.69) is 40.8 Å². The molecule has 9 nitrogen and oxygen atoms in total. The van der Waals surface area contributed by atoms with Crippen LogP contribution in [0.5, 0.6) is 0 Å². The minimum Gasteiger partial charge on any atom is -0.364 e. The third-order valence-electron chi connectivity index (χ3n) is 9.37. The maximum Gasteiger partial charge on any atom is 0.271 e. The Labute approximate surface area is 237 Å². The number of nitrogens with two attached hydrogens (primary N) is 1. The molecule has 2 amide bonds. The number of hydrogen-bond donors (Lipinski definition) is 2.